The molecule has 1 heterocycles. The van der Waals surface area contributed by atoms with Crippen LogP contribution in [0.5, 0.6) is 0 Å². The van der Waals surface area contributed by atoms with Crippen LogP contribution in [-0.4, -0.2) is 27.9 Å². The number of hydrogen-bond acceptors (Lipinski definition) is 5. The van der Waals surface area contributed by atoms with Crippen molar-refractivity contribution in [1.82, 2.24) is 15.0 Å². The predicted octanol–water partition coefficient (Wildman–Crippen LogP) is 2.76. The molecule has 0 unspecified atom stereocenters. The number of hydrogen-bond donors (Lipinski definition) is 0. The Labute approximate surface area is 105 Å². The number of benzene rings is 1. The summed E-state index contributed by atoms with van der Waals surface area (Å²) in [6.45, 7) is 6.95. The molecule has 0 saturated heterocycles. The summed E-state index contributed by atoms with van der Waals surface area (Å²) in [6.07, 6.45) is 3.06. The van der Waals surface area contributed by atoms with Gasteiger partial charge >= 0.3 is 0 Å². The first kappa shape index (κ1) is 11.8. The molecule has 2 rings (SSSR count). The summed E-state index contributed by atoms with van der Waals surface area (Å²) < 4.78 is 0. The summed E-state index contributed by atoms with van der Waals surface area (Å²) in [4.78, 5) is 20.2. The molecule has 0 fully saturated rings. The van der Waals surface area contributed by atoms with Crippen LogP contribution in [0.1, 0.15) is 0 Å². The predicted molar refractivity (Wildman–Crippen MR) is 72.8 cm³/mol. The van der Waals surface area contributed by atoms with Crippen LogP contribution in [0.3, 0.4) is 0 Å². The lowest BCUT2D eigenvalue weighted by atomic mass is 10.2. The molecule has 1 aromatic carbocycles. The van der Waals surface area contributed by atoms with Crippen LogP contribution in [0.4, 0.5) is 11.9 Å². The Kier molecular flexibility index (Phi) is 3.66. The fourth-order valence-corrected chi connectivity index (χ4v) is 1.32. The zero-order valence-electron chi connectivity index (χ0n) is 9.69. The van der Waals surface area contributed by atoms with Gasteiger partial charge in [0.2, 0.25) is 0 Å². The molecular formula is C13H11N5. The van der Waals surface area contributed by atoms with E-state index >= 15 is 0 Å². The first-order valence-electron chi connectivity index (χ1n) is 5.27. The van der Waals surface area contributed by atoms with Crippen molar-refractivity contribution < 1.29 is 0 Å². The smallest absolute Gasteiger partial charge is 0.228 e. The second-order valence-corrected chi connectivity index (χ2v) is 3.30. The normalized spacial score (nSPS) is 10.4. The summed E-state index contributed by atoms with van der Waals surface area (Å²) in [6, 6.07) is 9.56. The first-order valence-corrected chi connectivity index (χ1v) is 5.27. The van der Waals surface area contributed by atoms with E-state index in [1.807, 2.05) is 30.3 Å². The van der Waals surface area contributed by atoms with Gasteiger partial charge in [-0.3, -0.25) is 0 Å². The SMILES string of the molecule is C=CC=Nc1nc(N=C)nc(-c2ccccc2)n1. The van der Waals surface area contributed by atoms with Crippen molar-refractivity contribution in [1.29, 1.82) is 0 Å². The second kappa shape index (κ2) is 5.58. The maximum Gasteiger partial charge on any atom is 0.254 e. The van der Waals surface area contributed by atoms with E-state index in [1.54, 1.807) is 6.08 Å². The van der Waals surface area contributed by atoms with E-state index in [0.29, 0.717) is 5.82 Å². The molecule has 0 radical (unpaired) electrons. The van der Waals surface area contributed by atoms with Crippen LogP contribution in [0.25, 0.3) is 11.4 Å². The quantitative estimate of drug-likeness (QED) is 0.768. The van der Waals surface area contributed by atoms with Crippen molar-refractivity contribution in [2.75, 3.05) is 0 Å². The Morgan fingerprint density at radius 2 is 1.72 bits per heavy atom. The van der Waals surface area contributed by atoms with Crippen LogP contribution in [0, 0.1) is 0 Å². The topological polar surface area (TPSA) is 63.4 Å². The number of nitrogens with zero attached hydrogens (tertiary/aromatic N) is 5. The molecular weight excluding hydrogens is 226 g/mol. The molecule has 5 heteroatoms. The van der Waals surface area contributed by atoms with Crippen LogP contribution >= 0.6 is 0 Å². The van der Waals surface area contributed by atoms with Crippen LogP contribution in [0.15, 0.2) is 53.0 Å². The standard InChI is InChI=1S/C13H11N5/c1-3-9-15-13-17-11(16-12(14-2)18-13)10-7-5-4-6-8-10/h3-9H,1-2H2. The minimum Gasteiger partial charge on any atom is -0.228 e. The molecule has 2 aromatic rings. The average molecular weight is 237 g/mol. The third-order valence-electron chi connectivity index (χ3n) is 2.08. The second-order valence-electron chi connectivity index (χ2n) is 3.30. The van der Waals surface area contributed by atoms with Gasteiger partial charge in [-0.2, -0.15) is 15.0 Å². The summed E-state index contributed by atoms with van der Waals surface area (Å²) in [5.74, 6) is 1.05. The van der Waals surface area contributed by atoms with Crippen LogP contribution < -0.4 is 0 Å². The first-order chi connectivity index (χ1) is 8.83. The lowest BCUT2D eigenvalue weighted by molar-refractivity contribution is 1.04. The Morgan fingerprint density at radius 1 is 1.00 bits per heavy atom. The highest BCUT2D eigenvalue weighted by molar-refractivity contribution is 5.72. The van der Waals surface area contributed by atoms with E-state index in [4.69, 9.17) is 0 Å². The third-order valence-corrected chi connectivity index (χ3v) is 2.08. The van der Waals surface area contributed by atoms with Gasteiger partial charge in [-0.05, 0) is 6.72 Å². The molecule has 0 aliphatic carbocycles. The van der Waals surface area contributed by atoms with E-state index in [2.05, 4.69) is 38.2 Å². The molecule has 0 saturated carbocycles. The van der Waals surface area contributed by atoms with Gasteiger partial charge < -0.3 is 0 Å². The van der Waals surface area contributed by atoms with E-state index in [0.717, 1.165) is 5.56 Å². The molecule has 1 aromatic heterocycles. The van der Waals surface area contributed by atoms with E-state index in [1.165, 1.54) is 6.21 Å². The number of allylic oxidation sites excluding steroid dienone is 1. The van der Waals surface area contributed by atoms with E-state index < -0.39 is 0 Å². The number of aromatic nitrogens is 3. The Bertz CT molecular complexity index is 590. The molecule has 5 nitrogen and oxygen atoms in total. The fourth-order valence-electron chi connectivity index (χ4n) is 1.32. The van der Waals surface area contributed by atoms with Crippen molar-refractivity contribution >= 4 is 24.8 Å². The molecule has 0 spiro atoms. The molecule has 0 amide bonds. The summed E-state index contributed by atoms with van der Waals surface area (Å²) in [5, 5.41) is 0. The zero-order valence-corrected chi connectivity index (χ0v) is 9.69. The Morgan fingerprint density at radius 3 is 2.39 bits per heavy atom. The van der Waals surface area contributed by atoms with Crippen molar-refractivity contribution in [3.63, 3.8) is 0 Å². The van der Waals surface area contributed by atoms with Gasteiger partial charge in [0.1, 0.15) is 0 Å². The minimum atomic E-state index is 0.250. The Balaban J connectivity index is 2.50. The van der Waals surface area contributed by atoms with E-state index in [9.17, 15) is 0 Å². The largest absolute Gasteiger partial charge is 0.254 e. The van der Waals surface area contributed by atoms with E-state index in [-0.39, 0.29) is 11.9 Å². The van der Waals surface area contributed by atoms with Gasteiger partial charge in [0.15, 0.2) is 5.82 Å². The molecule has 0 atom stereocenters. The van der Waals surface area contributed by atoms with Crippen molar-refractivity contribution in [2.45, 2.75) is 0 Å². The van der Waals surface area contributed by atoms with Crippen molar-refractivity contribution in [2.24, 2.45) is 9.98 Å². The molecule has 0 aliphatic rings. The van der Waals surface area contributed by atoms with Crippen LogP contribution in [0.2, 0.25) is 0 Å². The maximum atomic E-state index is 4.23. The lowest BCUT2D eigenvalue weighted by Gasteiger charge is -2.01. The van der Waals surface area contributed by atoms with Crippen molar-refractivity contribution in [3.05, 3.63) is 43.0 Å². The van der Waals surface area contributed by atoms with Gasteiger partial charge in [0.25, 0.3) is 11.9 Å². The summed E-state index contributed by atoms with van der Waals surface area (Å²) in [5.41, 5.74) is 0.875. The maximum absolute atomic E-state index is 4.23. The number of aliphatic imine (C=N–C) groups is 2. The third kappa shape index (κ3) is 2.70. The summed E-state index contributed by atoms with van der Waals surface area (Å²) >= 11 is 0. The highest BCUT2D eigenvalue weighted by Gasteiger charge is 2.06. The minimum absolute atomic E-state index is 0.250. The molecule has 0 N–H and O–H groups in total. The molecule has 18 heavy (non-hydrogen) atoms. The van der Waals surface area contributed by atoms with Gasteiger partial charge in [-0.25, -0.2) is 9.98 Å². The summed E-state index contributed by atoms with van der Waals surface area (Å²) in [7, 11) is 0. The molecule has 0 bridgehead atoms. The van der Waals surface area contributed by atoms with Gasteiger partial charge in [-0.15, -0.1) is 0 Å². The highest BCUT2D eigenvalue weighted by Crippen LogP contribution is 2.19. The Hall–Kier alpha value is -2.69. The average Bonchev–Trinajstić information content (AvgIpc) is 2.45. The van der Waals surface area contributed by atoms with Crippen molar-refractivity contribution in [3.8, 4) is 11.4 Å². The monoisotopic (exact) mass is 237 g/mol. The highest BCUT2D eigenvalue weighted by atomic mass is 15.2. The fraction of sp³-hybridized carbons (Fsp3) is 0. The van der Waals surface area contributed by atoms with Gasteiger partial charge in [0, 0.05) is 11.8 Å². The molecule has 0 aliphatic heterocycles. The van der Waals surface area contributed by atoms with Crippen LogP contribution in [-0.2, 0) is 0 Å². The lowest BCUT2D eigenvalue weighted by Crippen LogP contribution is -1.92. The molecule has 88 valence electrons. The van der Waals surface area contributed by atoms with Gasteiger partial charge in [0.05, 0.1) is 0 Å². The van der Waals surface area contributed by atoms with Gasteiger partial charge in [-0.1, -0.05) is 43.0 Å². The number of rotatable bonds is 4. The zero-order chi connectivity index (χ0) is 12.8.